The topological polar surface area (TPSA) is 46.5 Å². The van der Waals surface area contributed by atoms with Gasteiger partial charge in [-0.25, -0.2) is 4.79 Å². The SMILES string of the molecule is CC(C)(c1ccccc1)c1ccc(OCC(=O)O)cc1. The fraction of sp³-hybridized carbons (Fsp3) is 0.235. The van der Waals surface area contributed by atoms with Gasteiger partial charge in [0.05, 0.1) is 0 Å². The number of aliphatic carboxylic acids is 1. The molecule has 2 rings (SSSR count). The van der Waals surface area contributed by atoms with Crippen LogP contribution >= 0.6 is 0 Å². The van der Waals surface area contributed by atoms with Crippen molar-refractivity contribution in [2.24, 2.45) is 0 Å². The standard InChI is InChI=1S/C17H18O3/c1-17(2,13-6-4-3-5-7-13)14-8-10-15(11-9-14)20-12-16(18)19/h3-11H,12H2,1-2H3,(H,18,19). The van der Waals surface area contributed by atoms with E-state index in [4.69, 9.17) is 9.84 Å². The van der Waals surface area contributed by atoms with Gasteiger partial charge in [0, 0.05) is 5.41 Å². The Bertz CT molecular complexity index is 571. The Morgan fingerprint density at radius 1 is 1.00 bits per heavy atom. The van der Waals surface area contributed by atoms with Gasteiger partial charge in [0.15, 0.2) is 6.61 Å². The van der Waals surface area contributed by atoms with Crippen LogP contribution in [0.4, 0.5) is 0 Å². The average molecular weight is 270 g/mol. The van der Waals surface area contributed by atoms with Crippen molar-refractivity contribution < 1.29 is 14.6 Å². The zero-order valence-electron chi connectivity index (χ0n) is 11.7. The van der Waals surface area contributed by atoms with Crippen LogP contribution in [0.25, 0.3) is 0 Å². The summed E-state index contributed by atoms with van der Waals surface area (Å²) in [5.74, 6) is -0.404. The Kier molecular flexibility index (Phi) is 4.08. The van der Waals surface area contributed by atoms with Crippen LogP contribution in [-0.2, 0) is 10.2 Å². The highest BCUT2D eigenvalue weighted by atomic mass is 16.5. The molecular formula is C17H18O3. The molecule has 0 spiro atoms. The lowest BCUT2D eigenvalue weighted by atomic mass is 9.78. The third-order valence-corrected chi connectivity index (χ3v) is 3.43. The van der Waals surface area contributed by atoms with E-state index in [0.717, 1.165) is 5.56 Å². The van der Waals surface area contributed by atoms with Crippen LogP contribution in [0.3, 0.4) is 0 Å². The lowest BCUT2D eigenvalue weighted by Crippen LogP contribution is -2.18. The molecule has 0 saturated carbocycles. The summed E-state index contributed by atoms with van der Waals surface area (Å²) in [5, 5.41) is 8.58. The van der Waals surface area contributed by atoms with Gasteiger partial charge in [0.2, 0.25) is 0 Å². The number of hydrogen-bond donors (Lipinski definition) is 1. The van der Waals surface area contributed by atoms with Crippen molar-refractivity contribution in [2.45, 2.75) is 19.3 Å². The Hall–Kier alpha value is -2.29. The Morgan fingerprint density at radius 3 is 2.10 bits per heavy atom. The molecule has 0 aliphatic rings. The van der Waals surface area contributed by atoms with E-state index in [1.807, 2.05) is 42.5 Å². The second-order valence-corrected chi connectivity index (χ2v) is 5.20. The maximum atomic E-state index is 10.5. The van der Waals surface area contributed by atoms with Crippen molar-refractivity contribution in [1.29, 1.82) is 0 Å². The molecule has 1 N–H and O–H groups in total. The summed E-state index contributed by atoms with van der Waals surface area (Å²) in [4.78, 5) is 10.5. The number of benzene rings is 2. The summed E-state index contributed by atoms with van der Waals surface area (Å²) >= 11 is 0. The van der Waals surface area contributed by atoms with E-state index in [0.29, 0.717) is 5.75 Å². The van der Waals surface area contributed by atoms with Gasteiger partial charge in [-0.2, -0.15) is 0 Å². The van der Waals surface area contributed by atoms with Crippen molar-refractivity contribution in [1.82, 2.24) is 0 Å². The molecule has 0 aliphatic heterocycles. The third-order valence-electron chi connectivity index (χ3n) is 3.43. The van der Waals surface area contributed by atoms with Gasteiger partial charge in [-0.1, -0.05) is 56.3 Å². The van der Waals surface area contributed by atoms with Crippen molar-refractivity contribution >= 4 is 5.97 Å². The minimum absolute atomic E-state index is 0.105. The summed E-state index contributed by atoms with van der Waals surface area (Å²) in [6, 6.07) is 17.8. The molecule has 2 aromatic carbocycles. The molecule has 0 bridgehead atoms. The van der Waals surface area contributed by atoms with E-state index in [1.54, 1.807) is 0 Å². The normalized spacial score (nSPS) is 11.1. The minimum Gasteiger partial charge on any atom is -0.482 e. The monoisotopic (exact) mass is 270 g/mol. The summed E-state index contributed by atoms with van der Waals surface area (Å²) < 4.78 is 5.14. The van der Waals surface area contributed by atoms with Crippen LogP contribution in [0.5, 0.6) is 5.75 Å². The van der Waals surface area contributed by atoms with Crippen LogP contribution in [0.2, 0.25) is 0 Å². The van der Waals surface area contributed by atoms with Gasteiger partial charge in [-0.05, 0) is 23.3 Å². The first-order chi connectivity index (χ1) is 9.50. The van der Waals surface area contributed by atoms with Crippen LogP contribution in [0.1, 0.15) is 25.0 Å². The Balaban J connectivity index is 2.19. The van der Waals surface area contributed by atoms with Gasteiger partial charge in [0.25, 0.3) is 0 Å². The Morgan fingerprint density at radius 2 is 1.55 bits per heavy atom. The second-order valence-electron chi connectivity index (χ2n) is 5.20. The largest absolute Gasteiger partial charge is 0.482 e. The minimum atomic E-state index is -0.973. The van der Waals surface area contributed by atoms with Gasteiger partial charge in [0.1, 0.15) is 5.75 Å². The van der Waals surface area contributed by atoms with Gasteiger partial charge in [-0.15, -0.1) is 0 Å². The van der Waals surface area contributed by atoms with Crippen LogP contribution in [-0.4, -0.2) is 17.7 Å². The molecule has 2 aromatic rings. The number of carboxylic acids is 1. The zero-order valence-corrected chi connectivity index (χ0v) is 11.7. The van der Waals surface area contributed by atoms with Crippen LogP contribution in [0.15, 0.2) is 54.6 Å². The van der Waals surface area contributed by atoms with Crippen molar-refractivity contribution in [3.8, 4) is 5.75 Å². The summed E-state index contributed by atoms with van der Waals surface area (Å²) in [7, 11) is 0. The van der Waals surface area contributed by atoms with Crippen LogP contribution in [0, 0.1) is 0 Å². The predicted octanol–water partition coefficient (Wildman–Crippen LogP) is 3.48. The molecule has 0 unspecified atom stereocenters. The number of hydrogen-bond acceptors (Lipinski definition) is 2. The van der Waals surface area contributed by atoms with E-state index < -0.39 is 5.97 Å². The quantitative estimate of drug-likeness (QED) is 0.904. The second kappa shape index (κ2) is 5.78. The number of ether oxygens (including phenoxy) is 1. The highest BCUT2D eigenvalue weighted by molar-refractivity contribution is 5.68. The molecule has 0 saturated heterocycles. The van der Waals surface area contributed by atoms with E-state index in [-0.39, 0.29) is 12.0 Å². The summed E-state index contributed by atoms with van der Waals surface area (Å²) in [6.07, 6.45) is 0. The average Bonchev–Trinajstić information content (AvgIpc) is 2.46. The summed E-state index contributed by atoms with van der Waals surface area (Å²) in [5.41, 5.74) is 2.29. The van der Waals surface area contributed by atoms with Crippen molar-refractivity contribution in [3.63, 3.8) is 0 Å². The number of carboxylic acid groups (broad SMARTS) is 1. The smallest absolute Gasteiger partial charge is 0.341 e. The maximum absolute atomic E-state index is 10.5. The molecule has 3 nitrogen and oxygen atoms in total. The first kappa shape index (κ1) is 14.1. The lowest BCUT2D eigenvalue weighted by Gasteiger charge is -2.26. The van der Waals surface area contributed by atoms with E-state index in [1.165, 1.54) is 5.56 Å². The molecule has 104 valence electrons. The van der Waals surface area contributed by atoms with E-state index in [2.05, 4.69) is 26.0 Å². The molecule has 20 heavy (non-hydrogen) atoms. The fourth-order valence-electron chi connectivity index (χ4n) is 2.13. The zero-order chi connectivity index (χ0) is 14.6. The molecule has 0 heterocycles. The van der Waals surface area contributed by atoms with Crippen LogP contribution < -0.4 is 4.74 Å². The van der Waals surface area contributed by atoms with Crippen molar-refractivity contribution in [2.75, 3.05) is 6.61 Å². The molecule has 0 aliphatic carbocycles. The summed E-state index contributed by atoms with van der Waals surface area (Å²) in [6.45, 7) is 4.01. The highest BCUT2D eigenvalue weighted by Crippen LogP contribution is 2.32. The molecule has 0 aromatic heterocycles. The third kappa shape index (κ3) is 3.18. The number of carbonyl (C=O) groups is 1. The highest BCUT2D eigenvalue weighted by Gasteiger charge is 2.22. The number of rotatable bonds is 5. The Labute approximate surface area is 118 Å². The molecule has 0 radical (unpaired) electrons. The maximum Gasteiger partial charge on any atom is 0.341 e. The van der Waals surface area contributed by atoms with E-state index in [9.17, 15) is 4.79 Å². The van der Waals surface area contributed by atoms with E-state index >= 15 is 0 Å². The predicted molar refractivity (Wildman–Crippen MR) is 78.1 cm³/mol. The molecule has 0 fully saturated rings. The fourth-order valence-corrected chi connectivity index (χ4v) is 2.13. The molecular weight excluding hydrogens is 252 g/mol. The molecule has 0 atom stereocenters. The van der Waals surface area contributed by atoms with Gasteiger partial charge in [-0.3, -0.25) is 0 Å². The van der Waals surface area contributed by atoms with Gasteiger partial charge < -0.3 is 9.84 Å². The van der Waals surface area contributed by atoms with Crippen molar-refractivity contribution in [3.05, 3.63) is 65.7 Å². The molecule has 3 heteroatoms. The first-order valence-corrected chi connectivity index (χ1v) is 6.51. The lowest BCUT2D eigenvalue weighted by molar-refractivity contribution is -0.139. The van der Waals surface area contributed by atoms with Gasteiger partial charge >= 0.3 is 5.97 Å². The molecule has 0 amide bonds. The first-order valence-electron chi connectivity index (χ1n) is 6.51.